The number of carbonyl (C=O) groups is 2. The van der Waals surface area contributed by atoms with E-state index >= 15 is 0 Å². The molecule has 0 saturated carbocycles. The average molecular weight is 478 g/mol. The van der Waals surface area contributed by atoms with Crippen LogP contribution in [0.5, 0.6) is 11.5 Å². The highest BCUT2D eigenvalue weighted by Gasteiger charge is 2.20. The first-order valence-corrected chi connectivity index (χ1v) is 12.4. The standard InChI is InChI=1S/C24H35N3O5S/c1-6-11-27(15-19-9-10-20(31-12-7-2)21(14-19)30-8-3)23(28)16-33-18(5)24(29)25-22-13-17(4)32-26-22/h9-10,13-14,18H,6-8,11-12,15-16H2,1-5H3,(H,25,26,29). The van der Waals surface area contributed by atoms with Gasteiger partial charge in [-0.2, -0.15) is 0 Å². The quantitative estimate of drug-likeness (QED) is 0.422. The molecule has 2 rings (SSSR count). The molecule has 8 nitrogen and oxygen atoms in total. The van der Waals surface area contributed by atoms with Crippen molar-refractivity contribution in [2.45, 2.75) is 59.3 Å². The molecular weight excluding hydrogens is 442 g/mol. The zero-order chi connectivity index (χ0) is 24.2. The van der Waals surface area contributed by atoms with Crippen molar-refractivity contribution >= 4 is 29.4 Å². The molecule has 0 aliphatic heterocycles. The Bertz CT molecular complexity index is 902. The number of aromatic nitrogens is 1. The number of amides is 2. The minimum absolute atomic E-state index is 0.0111. The summed E-state index contributed by atoms with van der Waals surface area (Å²) in [5, 5.41) is 6.06. The average Bonchev–Trinajstić information content (AvgIpc) is 3.20. The summed E-state index contributed by atoms with van der Waals surface area (Å²) in [6, 6.07) is 7.45. The minimum atomic E-state index is -0.408. The van der Waals surface area contributed by atoms with E-state index in [9.17, 15) is 9.59 Å². The molecule has 1 heterocycles. The lowest BCUT2D eigenvalue weighted by atomic mass is 10.1. The summed E-state index contributed by atoms with van der Waals surface area (Å²) in [5.41, 5.74) is 0.973. The number of nitrogens with one attached hydrogen (secondary N) is 1. The Balaban J connectivity index is 1.97. The molecule has 1 aromatic carbocycles. The van der Waals surface area contributed by atoms with Crippen molar-refractivity contribution in [2.75, 3.05) is 30.8 Å². The van der Waals surface area contributed by atoms with E-state index in [-0.39, 0.29) is 17.6 Å². The molecule has 0 fully saturated rings. The van der Waals surface area contributed by atoms with Crippen molar-refractivity contribution in [2.24, 2.45) is 0 Å². The molecule has 182 valence electrons. The maximum atomic E-state index is 12.9. The van der Waals surface area contributed by atoms with Crippen molar-refractivity contribution in [3.8, 4) is 11.5 Å². The van der Waals surface area contributed by atoms with Gasteiger partial charge in [0.2, 0.25) is 11.8 Å². The van der Waals surface area contributed by atoms with Gasteiger partial charge in [0, 0.05) is 19.2 Å². The number of benzene rings is 1. The summed E-state index contributed by atoms with van der Waals surface area (Å²) >= 11 is 1.30. The second-order valence-electron chi connectivity index (χ2n) is 7.64. The maximum Gasteiger partial charge on any atom is 0.238 e. The first kappa shape index (κ1) is 26.6. The Kier molecular flexibility index (Phi) is 11.1. The molecule has 33 heavy (non-hydrogen) atoms. The third-order valence-electron chi connectivity index (χ3n) is 4.69. The second kappa shape index (κ2) is 13.8. The van der Waals surface area contributed by atoms with Crippen LogP contribution in [-0.4, -0.2) is 52.6 Å². The molecule has 0 aliphatic rings. The van der Waals surface area contributed by atoms with E-state index < -0.39 is 5.25 Å². The van der Waals surface area contributed by atoms with E-state index in [2.05, 4.69) is 17.4 Å². The number of rotatable bonds is 14. The van der Waals surface area contributed by atoms with Crippen molar-refractivity contribution in [3.05, 3.63) is 35.6 Å². The smallest absolute Gasteiger partial charge is 0.238 e. The van der Waals surface area contributed by atoms with Gasteiger partial charge in [-0.3, -0.25) is 9.59 Å². The molecule has 0 spiro atoms. The fraction of sp³-hybridized carbons (Fsp3) is 0.542. The molecule has 1 unspecified atom stereocenters. The van der Waals surface area contributed by atoms with Crippen LogP contribution in [0.4, 0.5) is 5.82 Å². The number of anilines is 1. The maximum absolute atomic E-state index is 12.9. The Morgan fingerprint density at radius 2 is 1.94 bits per heavy atom. The summed E-state index contributed by atoms with van der Waals surface area (Å²) in [5.74, 6) is 2.38. The summed E-state index contributed by atoms with van der Waals surface area (Å²) in [7, 11) is 0. The first-order chi connectivity index (χ1) is 15.9. The number of ether oxygens (including phenoxy) is 2. The van der Waals surface area contributed by atoms with Crippen LogP contribution in [0.25, 0.3) is 0 Å². The number of hydrogen-bond acceptors (Lipinski definition) is 7. The van der Waals surface area contributed by atoms with Crippen molar-refractivity contribution < 1.29 is 23.6 Å². The SMILES string of the molecule is CCCOc1ccc(CN(CCC)C(=O)CSC(C)C(=O)Nc2cc(C)on2)cc1OCC. The molecule has 0 aliphatic carbocycles. The van der Waals surface area contributed by atoms with Crippen LogP contribution < -0.4 is 14.8 Å². The monoisotopic (exact) mass is 477 g/mol. The van der Waals surface area contributed by atoms with Gasteiger partial charge in [0.15, 0.2) is 17.3 Å². The van der Waals surface area contributed by atoms with Crippen LogP contribution in [0.2, 0.25) is 0 Å². The fourth-order valence-corrected chi connectivity index (χ4v) is 3.83. The molecule has 0 bridgehead atoms. The Hall–Kier alpha value is -2.68. The molecule has 9 heteroatoms. The summed E-state index contributed by atoms with van der Waals surface area (Å²) in [6.07, 6.45) is 1.76. The predicted molar refractivity (Wildman–Crippen MR) is 131 cm³/mol. The second-order valence-corrected chi connectivity index (χ2v) is 8.97. The molecule has 1 aromatic heterocycles. The number of thioether (sulfide) groups is 1. The van der Waals surface area contributed by atoms with E-state index in [4.69, 9.17) is 14.0 Å². The largest absolute Gasteiger partial charge is 0.490 e. The third-order valence-corrected chi connectivity index (χ3v) is 5.82. The van der Waals surface area contributed by atoms with Crippen LogP contribution in [-0.2, 0) is 16.1 Å². The molecule has 0 radical (unpaired) electrons. The van der Waals surface area contributed by atoms with Gasteiger partial charge in [0.1, 0.15) is 5.76 Å². The third kappa shape index (κ3) is 8.64. The summed E-state index contributed by atoms with van der Waals surface area (Å²) in [4.78, 5) is 27.1. The van der Waals surface area contributed by atoms with Crippen molar-refractivity contribution in [1.82, 2.24) is 10.1 Å². The molecule has 1 atom stereocenters. The topological polar surface area (TPSA) is 93.9 Å². The summed E-state index contributed by atoms with van der Waals surface area (Å²) < 4.78 is 16.5. The zero-order valence-corrected chi connectivity index (χ0v) is 21.0. The fourth-order valence-electron chi connectivity index (χ4n) is 3.05. The predicted octanol–water partition coefficient (Wildman–Crippen LogP) is 4.67. The van der Waals surface area contributed by atoms with E-state index in [0.717, 1.165) is 18.4 Å². The van der Waals surface area contributed by atoms with Gasteiger partial charge in [-0.25, -0.2) is 0 Å². The van der Waals surface area contributed by atoms with Crippen LogP contribution in [0.1, 0.15) is 51.9 Å². The molecular formula is C24H35N3O5S. The lowest BCUT2D eigenvalue weighted by molar-refractivity contribution is -0.129. The van der Waals surface area contributed by atoms with Gasteiger partial charge in [-0.05, 0) is 51.3 Å². The van der Waals surface area contributed by atoms with Crippen molar-refractivity contribution in [1.29, 1.82) is 0 Å². The highest BCUT2D eigenvalue weighted by Crippen LogP contribution is 2.29. The molecule has 0 saturated heterocycles. The van der Waals surface area contributed by atoms with Crippen LogP contribution in [0.15, 0.2) is 28.8 Å². The highest BCUT2D eigenvalue weighted by molar-refractivity contribution is 8.01. The Morgan fingerprint density at radius 1 is 1.15 bits per heavy atom. The molecule has 2 amide bonds. The zero-order valence-electron chi connectivity index (χ0n) is 20.2. The van der Waals surface area contributed by atoms with Gasteiger partial charge in [-0.15, -0.1) is 11.8 Å². The number of carbonyl (C=O) groups excluding carboxylic acids is 2. The lowest BCUT2D eigenvalue weighted by Crippen LogP contribution is -2.34. The Morgan fingerprint density at radius 3 is 2.58 bits per heavy atom. The lowest BCUT2D eigenvalue weighted by Gasteiger charge is -2.23. The van der Waals surface area contributed by atoms with E-state index in [0.29, 0.717) is 49.4 Å². The van der Waals surface area contributed by atoms with Crippen molar-refractivity contribution in [3.63, 3.8) is 0 Å². The number of aryl methyl sites for hydroxylation is 1. The van der Waals surface area contributed by atoms with Gasteiger partial charge >= 0.3 is 0 Å². The number of nitrogens with zero attached hydrogens (tertiary/aromatic N) is 2. The molecule has 1 N–H and O–H groups in total. The van der Waals surface area contributed by atoms with Crippen LogP contribution in [0.3, 0.4) is 0 Å². The van der Waals surface area contributed by atoms with Gasteiger partial charge in [-0.1, -0.05) is 25.1 Å². The Labute approximate surface area is 200 Å². The van der Waals surface area contributed by atoms with Gasteiger partial charge < -0.3 is 24.2 Å². The highest BCUT2D eigenvalue weighted by atomic mass is 32.2. The van der Waals surface area contributed by atoms with Crippen LogP contribution >= 0.6 is 11.8 Å². The number of hydrogen-bond donors (Lipinski definition) is 1. The van der Waals surface area contributed by atoms with Gasteiger partial charge in [0.25, 0.3) is 0 Å². The molecule has 2 aromatic rings. The van der Waals surface area contributed by atoms with E-state index in [1.54, 1.807) is 19.9 Å². The normalized spacial score (nSPS) is 11.7. The summed E-state index contributed by atoms with van der Waals surface area (Å²) in [6.45, 7) is 11.8. The van der Waals surface area contributed by atoms with Gasteiger partial charge in [0.05, 0.1) is 24.2 Å². The first-order valence-electron chi connectivity index (χ1n) is 11.4. The van der Waals surface area contributed by atoms with Crippen LogP contribution in [0, 0.1) is 6.92 Å². The van der Waals surface area contributed by atoms with E-state index in [1.807, 2.05) is 36.9 Å². The minimum Gasteiger partial charge on any atom is -0.490 e. The van der Waals surface area contributed by atoms with E-state index in [1.165, 1.54) is 11.8 Å².